The van der Waals surface area contributed by atoms with E-state index in [1.165, 1.54) is 0 Å². The third kappa shape index (κ3) is 4.29. The van der Waals surface area contributed by atoms with Crippen LogP contribution in [0.3, 0.4) is 0 Å². The van der Waals surface area contributed by atoms with E-state index < -0.39 is 0 Å². The van der Waals surface area contributed by atoms with Crippen LogP contribution in [0.2, 0.25) is 0 Å². The molecule has 0 aromatic carbocycles. The first-order valence-corrected chi connectivity index (χ1v) is 9.74. The number of nitrogens with two attached hydrogens (primary N) is 1. The highest BCUT2D eigenvalue weighted by Gasteiger charge is 2.24. The van der Waals surface area contributed by atoms with Gasteiger partial charge in [-0.3, -0.25) is 0 Å². The lowest BCUT2D eigenvalue weighted by atomic mass is 9.98. The van der Waals surface area contributed by atoms with Gasteiger partial charge in [0.05, 0.1) is 19.0 Å². The average molecular weight is 373 g/mol. The Labute approximate surface area is 158 Å². The van der Waals surface area contributed by atoms with Crippen molar-refractivity contribution in [2.75, 3.05) is 42.6 Å². The van der Waals surface area contributed by atoms with Crippen LogP contribution < -0.4 is 20.3 Å². The largest absolute Gasteiger partial charge is 0.490 e. The molecule has 0 saturated carbocycles. The Hall–Kier alpha value is -2.42. The molecule has 2 fully saturated rings. The molecule has 146 valence electrons. The van der Waals surface area contributed by atoms with Crippen LogP contribution in [0, 0.1) is 5.92 Å². The van der Waals surface area contributed by atoms with Gasteiger partial charge < -0.3 is 24.8 Å². The van der Waals surface area contributed by atoms with Crippen LogP contribution in [0.4, 0.5) is 12.0 Å². The van der Waals surface area contributed by atoms with Crippen molar-refractivity contribution in [3.05, 3.63) is 18.2 Å². The van der Waals surface area contributed by atoms with E-state index in [-0.39, 0.29) is 6.04 Å². The van der Waals surface area contributed by atoms with E-state index in [0.717, 1.165) is 63.6 Å². The zero-order valence-corrected chi connectivity index (χ0v) is 15.8. The zero-order chi connectivity index (χ0) is 18.6. The molecule has 0 amide bonds. The van der Waals surface area contributed by atoms with E-state index in [2.05, 4.69) is 29.9 Å². The third-order valence-corrected chi connectivity index (χ3v) is 5.27. The number of nitrogens with zero attached hydrogens (tertiary/aromatic N) is 6. The Bertz CT molecular complexity index is 728. The molecule has 1 atom stereocenters. The molecule has 2 aromatic rings. The molecule has 0 spiro atoms. The fourth-order valence-corrected chi connectivity index (χ4v) is 3.54. The summed E-state index contributed by atoms with van der Waals surface area (Å²) in [4.78, 5) is 17.5. The molecule has 2 aromatic heterocycles. The summed E-state index contributed by atoms with van der Waals surface area (Å²) in [5.74, 6) is 2.71. The maximum Gasteiger partial charge on any atom is 0.324 e. The second kappa shape index (κ2) is 8.08. The summed E-state index contributed by atoms with van der Waals surface area (Å²) in [5.41, 5.74) is 5.94. The summed E-state index contributed by atoms with van der Waals surface area (Å²) in [6.45, 7) is 6.25. The Kier molecular flexibility index (Phi) is 5.38. The van der Waals surface area contributed by atoms with Crippen molar-refractivity contribution in [3.63, 3.8) is 0 Å². The first-order chi connectivity index (χ1) is 13.2. The van der Waals surface area contributed by atoms with E-state index in [4.69, 9.17) is 15.0 Å². The van der Waals surface area contributed by atoms with Gasteiger partial charge in [-0.25, -0.2) is 9.97 Å². The van der Waals surface area contributed by atoms with Gasteiger partial charge in [-0.1, -0.05) is 12.1 Å². The summed E-state index contributed by atoms with van der Waals surface area (Å²) in [6, 6.07) is 0.855. The molecule has 9 heteroatoms. The van der Waals surface area contributed by atoms with Gasteiger partial charge >= 0.3 is 6.01 Å². The van der Waals surface area contributed by atoms with Crippen molar-refractivity contribution in [2.45, 2.75) is 38.6 Å². The highest BCUT2D eigenvalue weighted by molar-refractivity contribution is 5.33. The van der Waals surface area contributed by atoms with Crippen LogP contribution in [0.5, 0.6) is 5.75 Å². The van der Waals surface area contributed by atoms with Crippen LogP contribution in [-0.2, 0) is 6.42 Å². The van der Waals surface area contributed by atoms with E-state index in [0.29, 0.717) is 24.3 Å². The van der Waals surface area contributed by atoms with Gasteiger partial charge in [-0.05, 0) is 25.2 Å². The molecule has 2 aliphatic heterocycles. The first-order valence-electron chi connectivity index (χ1n) is 9.74. The molecule has 2 saturated heterocycles. The number of hydrogen-bond donors (Lipinski definition) is 1. The minimum absolute atomic E-state index is 0.219. The SMILES string of the molecule is CCc1noc(N2CCC(COc3cnc(N4CCC(N)C4)nc3)CC2)n1. The zero-order valence-electron chi connectivity index (χ0n) is 15.8. The van der Waals surface area contributed by atoms with Crippen LogP contribution in [0.25, 0.3) is 0 Å². The van der Waals surface area contributed by atoms with Crippen molar-refractivity contribution in [2.24, 2.45) is 11.7 Å². The summed E-state index contributed by atoms with van der Waals surface area (Å²) in [6.07, 6.45) is 7.36. The fourth-order valence-electron chi connectivity index (χ4n) is 3.54. The molecule has 2 N–H and O–H groups in total. The van der Waals surface area contributed by atoms with Gasteiger partial charge in [0.2, 0.25) is 5.95 Å². The second-order valence-electron chi connectivity index (χ2n) is 7.30. The van der Waals surface area contributed by atoms with Crippen molar-refractivity contribution in [1.82, 2.24) is 20.1 Å². The smallest absolute Gasteiger partial charge is 0.324 e. The summed E-state index contributed by atoms with van der Waals surface area (Å²) < 4.78 is 11.2. The van der Waals surface area contributed by atoms with Crippen LogP contribution in [-0.4, -0.2) is 58.9 Å². The highest BCUT2D eigenvalue weighted by Crippen LogP contribution is 2.23. The van der Waals surface area contributed by atoms with Crippen molar-refractivity contribution in [3.8, 4) is 5.75 Å². The highest BCUT2D eigenvalue weighted by atomic mass is 16.5. The van der Waals surface area contributed by atoms with Gasteiger partial charge in [-0.2, -0.15) is 4.98 Å². The molecule has 2 aliphatic rings. The molecule has 1 unspecified atom stereocenters. The predicted octanol–water partition coefficient (Wildman–Crippen LogP) is 1.25. The molecule has 0 aliphatic carbocycles. The van der Waals surface area contributed by atoms with Gasteiger partial charge in [0.15, 0.2) is 11.6 Å². The molecule has 9 nitrogen and oxygen atoms in total. The number of hydrogen-bond acceptors (Lipinski definition) is 9. The lowest BCUT2D eigenvalue weighted by molar-refractivity contribution is 0.219. The minimum atomic E-state index is 0.219. The molecular formula is C18H27N7O2. The van der Waals surface area contributed by atoms with Crippen molar-refractivity contribution < 1.29 is 9.26 Å². The summed E-state index contributed by atoms with van der Waals surface area (Å²) in [5, 5.41) is 3.97. The van der Waals surface area contributed by atoms with Crippen LogP contribution >= 0.6 is 0 Å². The molecular weight excluding hydrogens is 346 g/mol. The van der Waals surface area contributed by atoms with Gasteiger partial charge in [0, 0.05) is 38.6 Å². The Balaban J connectivity index is 1.23. The maximum atomic E-state index is 5.94. The monoisotopic (exact) mass is 373 g/mol. The minimum Gasteiger partial charge on any atom is -0.490 e. The number of rotatable bonds is 6. The summed E-state index contributed by atoms with van der Waals surface area (Å²) in [7, 11) is 0. The normalized spacial score (nSPS) is 21.0. The number of aromatic nitrogens is 4. The molecule has 27 heavy (non-hydrogen) atoms. The Morgan fingerprint density at radius 3 is 2.52 bits per heavy atom. The average Bonchev–Trinajstić information content (AvgIpc) is 3.36. The van der Waals surface area contributed by atoms with Crippen molar-refractivity contribution in [1.29, 1.82) is 0 Å². The first kappa shape index (κ1) is 18.0. The lowest BCUT2D eigenvalue weighted by Gasteiger charge is -2.30. The molecule has 4 rings (SSSR count). The quantitative estimate of drug-likeness (QED) is 0.800. The van der Waals surface area contributed by atoms with Crippen LogP contribution in [0.15, 0.2) is 16.9 Å². The standard InChI is InChI=1S/C18H27N7O2/c1-2-16-22-18(27-23-16)24-6-3-13(4-7-24)12-26-15-9-20-17(21-10-15)25-8-5-14(19)11-25/h9-10,13-14H,2-8,11-12,19H2,1H3. The summed E-state index contributed by atoms with van der Waals surface area (Å²) >= 11 is 0. The molecule has 4 heterocycles. The van der Waals surface area contributed by atoms with Crippen molar-refractivity contribution >= 4 is 12.0 Å². The van der Waals surface area contributed by atoms with Gasteiger partial charge in [-0.15, -0.1) is 0 Å². The second-order valence-corrected chi connectivity index (χ2v) is 7.30. The molecule has 0 radical (unpaired) electrons. The number of piperidine rings is 1. The van der Waals surface area contributed by atoms with Crippen LogP contribution in [0.1, 0.15) is 32.0 Å². The number of aryl methyl sites for hydroxylation is 1. The van der Waals surface area contributed by atoms with E-state index in [1.807, 2.05) is 6.92 Å². The van der Waals surface area contributed by atoms with E-state index in [1.54, 1.807) is 12.4 Å². The topological polar surface area (TPSA) is 106 Å². The fraction of sp³-hybridized carbons (Fsp3) is 0.667. The Morgan fingerprint density at radius 1 is 1.15 bits per heavy atom. The Morgan fingerprint density at radius 2 is 1.89 bits per heavy atom. The molecule has 0 bridgehead atoms. The number of ether oxygens (including phenoxy) is 1. The number of anilines is 2. The predicted molar refractivity (Wildman–Crippen MR) is 101 cm³/mol. The van der Waals surface area contributed by atoms with Gasteiger partial charge in [0.25, 0.3) is 0 Å². The van der Waals surface area contributed by atoms with E-state index >= 15 is 0 Å². The lowest BCUT2D eigenvalue weighted by Crippen LogP contribution is -2.35. The third-order valence-electron chi connectivity index (χ3n) is 5.27. The van der Waals surface area contributed by atoms with Gasteiger partial charge in [0.1, 0.15) is 0 Å². The maximum absolute atomic E-state index is 5.94. The van der Waals surface area contributed by atoms with E-state index in [9.17, 15) is 0 Å².